The number of carboxylic acid groups (broad SMARTS) is 2. The van der Waals surface area contributed by atoms with Gasteiger partial charge in [0.05, 0.1) is 54.6 Å². The number of carboxylic acids is 2. The minimum atomic E-state index is -5.40. The van der Waals surface area contributed by atoms with Crippen LogP contribution in [0.3, 0.4) is 0 Å². The van der Waals surface area contributed by atoms with Crippen LogP contribution in [0, 0.1) is 0 Å². The average Bonchev–Trinajstić information content (AvgIpc) is 0.838. The molecular weight excluding hydrogens is 1240 g/mol. The van der Waals surface area contributed by atoms with E-state index in [-0.39, 0.29) is 56.3 Å². The van der Waals surface area contributed by atoms with Gasteiger partial charge in [0.1, 0.15) is 21.2 Å². The topological polar surface area (TPSA) is 504 Å². The van der Waals surface area contributed by atoms with E-state index in [0.717, 1.165) is 24.3 Å². The molecule has 2 aromatic heterocycles. The second-order valence-electron chi connectivity index (χ2n) is 16.9. The highest BCUT2D eigenvalue weighted by molar-refractivity contribution is 7.91. The first-order chi connectivity index (χ1) is 39.4. The molecule has 1 aliphatic rings. The highest BCUT2D eigenvalue weighted by Crippen LogP contribution is 2.44. The molecule has 0 aliphatic heterocycles. The van der Waals surface area contributed by atoms with E-state index >= 15 is 0 Å². The molecule has 6 aromatic carbocycles. The molecule has 12 N–H and O–H groups in total. The maximum absolute atomic E-state index is 14.3. The third kappa shape index (κ3) is 13.3. The highest BCUT2D eigenvalue weighted by Gasteiger charge is 2.36. The van der Waals surface area contributed by atoms with Crippen LogP contribution in [0.5, 0.6) is 5.75 Å². The number of aromatic carboxylic acids is 2. The Balaban J connectivity index is 1.01. The van der Waals surface area contributed by atoms with Crippen LogP contribution in [0.1, 0.15) is 36.6 Å². The second-order valence-corrected chi connectivity index (χ2v) is 23.2. The van der Waals surface area contributed by atoms with Crippen molar-refractivity contribution < 1.29 is 81.6 Å². The third-order valence-corrected chi connectivity index (χ3v) is 15.0. The van der Waals surface area contributed by atoms with Crippen LogP contribution in [0.2, 0.25) is 10.6 Å². The fourth-order valence-corrected chi connectivity index (χ4v) is 10.4. The number of aromatic nitrogens is 6. The van der Waals surface area contributed by atoms with E-state index in [9.17, 15) is 81.6 Å². The lowest BCUT2D eigenvalue weighted by molar-refractivity contribution is 0.0686. The number of carbonyl (C=O) groups is 3. The number of benzene rings is 6. The summed E-state index contributed by atoms with van der Waals surface area (Å²) >= 11 is 12.5. The molecule has 0 spiro atoms. The number of aliphatic imine (C=N–C) groups is 1. The minimum Gasteiger partial charge on any atom is -0.505 e. The number of carbonyl (C=O) groups excluding carboxylic acids is 1. The number of hydrogen-bond donors (Lipinski definition) is 12. The van der Waals surface area contributed by atoms with E-state index in [0.29, 0.717) is 12.1 Å². The molecule has 1 aliphatic carbocycles. The van der Waals surface area contributed by atoms with Crippen molar-refractivity contribution in [2.45, 2.75) is 14.7 Å². The van der Waals surface area contributed by atoms with Crippen LogP contribution in [0.15, 0.2) is 138 Å². The molecule has 0 saturated heterocycles. The number of rotatable bonds is 18. The molecule has 0 unspecified atom stereocenters. The summed E-state index contributed by atoms with van der Waals surface area (Å²) < 4.78 is 141. The van der Waals surface area contributed by atoms with Crippen molar-refractivity contribution in [3.05, 3.63) is 141 Å². The van der Waals surface area contributed by atoms with Crippen LogP contribution in [0.4, 0.5) is 63.6 Å². The minimum absolute atomic E-state index is 0.00535. The smallest absolute Gasteiger partial charge is 0.335 e. The summed E-state index contributed by atoms with van der Waals surface area (Å²) in [6, 6.07) is 19.5. The summed E-state index contributed by atoms with van der Waals surface area (Å²) in [7, 11) is -20.8. The van der Waals surface area contributed by atoms with E-state index in [1.807, 2.05) is 0 Å². The zero-order chi connectivity index (χ0) is 60.8. The lowest BCUT2D eigenvalue weighted by Crippen LogP contribution is -2.26. The van der Waals surface area contributed by atoms with E-state index in [1.54, 1.807) is 0 Å². The molecule has 2 heterocycles. The van der Waals surface area contributed by atoms with Gasteiger partial charge in [-0.05, 0) is 137 Å². The van der Waals surface area contributed by atoms with Crippen LogP contribution in [-0.4, -0.2) is 121 Å². The fraction of sp³-hybridized carbons (Fsp3) is 0. The van der Waals surface area contributed by atoms with Gasteiger partial charge >= 0.3 is 11.9 Å². The number of Topliss-reactive ketones (excluding diaryl/α,β-unsaturated/α-hetero) is 1. The number of fused-ring (bicyclic) bond motifs is 2. The van der Waals surface area contributed by atoms with Gasteiger partial charge in [0.2, 0.25) is 34.2 Å². The van der Waals surface area contributed by atoms with Gasteiger partial charge in [0, 0.05) is 11.4 Å². The Hall–Kier alpha value is -9.76. The van der Waals surface area contributed by atoms with Gasteiger partial charge in [-0.1, -0.05) is 6.07 Å². The maximum Gasteiger partial charge on any atom is 0.335 e. The first-order valence-electron chi connectivity index (χ1n) is 22.5. The Morgan fingerprint density at radius 3 is 1.69 bits per heavy atom. The number of hydrogen-bond acceptors (Lipinski definition) is 26. The standard InChI is InChI=1S/C46H30Cl2N14O18S4/c47-41-53-43(57-45(55-41)51-35-31(83(75,76)77)14-21-12-27(81(69,70)71)17-29(33(21)37(35)63)61-59-23-8-4-19(5-9-23)39(65)66)49-25-2-1-3-26(16-25)50-44-54-42(48)56-46(58-44)52-36-32(84(78,79)80)15-22-13-28(82(72,73)74)18-30(34(22)38(36)64)62-60-24-10-6-20(7-11-24)40(67)68/h1-18,59,61,63H,(H,65,66)(H,67,68)(H,69,70,71)(H,72,73,74)(H,75,76,77)(H,78,79,80)(H,50,54,56,58)(H2,49,51,53,55,57)/b52-36-,62-60?. The molecule has 32 nitrogen and oxygen atoms in total. The predicted octanol–water partition coefficient (Wildman–Crippen LogP) is 7.64. The first kappa shape index (κ1) is 58.9. The molecule has 0 saturated carbocycles. The molecule has 0 amide bonds. The first-order valence-corrected chi connectivity index (χ1v) is 29.0. The molecule has 0 atom stereocenters. The number of azo groups is 1. The molecule has 0 radical (unpaired) electrons. The average molecular weight is 1270 g/mol. The number of nitrogens with zero attached hydrogens (tertiary/aromatic N) is 9. The van der Waals surface area contributed by atoms with E-state index < -0.39 is 140 Å². The predicted molar refractivity (Wildman–Crippen MR) is 297 cm³/mol. The van der Waals surface area contributed by atoms with Crippen molar-refractivity contribution in [3.8, 4) is 5.75 Å². The van der Waals surface area contributed by atoms with Crippen molar-refractivity contribution in [2.24, 2.45) is 15.2 Å². The molecule has 84 heavy (non-hydrogen) atoms. The lowest BCUT2D eigenvalue weighted by Gasteiger charge is -2.18. The number of allylic oxidation sites excluding steroid dienone is 1. The third-order valence-electron chi connectivity index (χ3n) is 11.3. The van der Waals surface area contributed by atoms with Crippen molar-refractivity contribution >= 4 is 168 Å². The molecule has 0 fully saturated rings. The summed E-state index contributed by atoms with van der Waals surface area (Å²) in [6.45, 7) is 0. The number of aromatic hydroxyl groups is 1. The zero-order valence-corrected chi connectivity index (χ0v) is 45.7. The Morgan fingerprint density at radius 2 is 1.12 bits per heavy atom. The van der Waals surface area contributed by atoms with E-state index in [1.165, 1.54) is 72.8 Å². The molecule has 9 rings (SSSR count). The summed E-state index contributed by atoms with van der Waals surface area (Å²) in [6.07, 6.45) is 0.651. The summed E-state index contributed by atoms with van der Waals surface area (Å²) in [4.78, 5) is 61.0. The van der Waals surface area contributed by atoms with Crippen LogP contribution < -0.4 is 26.8 Å². The van der Waals surface area contributed by atoms with Crippen LogP contribution >= 0.6 is 23.2 Å². The number of phenolic OH excluding ortho intramolecular Hbond substituents is 1. The SMILES string of the molecule is O=C(O)c1ccc(N=Nc2cc(S(=O)(=O)O)cc3c2C(=O)/C(=N\c2nc(Cl)nc(Nc4cccc(Nc5nc(Cl)nc(Nc6c(S(=O)(=O)O)cc7cc(S(=O)(=O)O)cc(NNc8ccc(C(=O)O)cc8)c7c6O)n5)c4)n2)C(S(=O)(=O)O)=C3)cc1. The summed E-state index contributed by atoms with van der Waals surface area (Å²) in [5, 5.41) is 44.3. The van der Waals surface area contributed by atoms with Crippen molar-refractivity contribution in [1.29, 1.82) is 0 Å². The quantitative estimate of drug-likeness (QED) is 0.0170. The molecule has 0 bridgehead atoms. The Bertz CT molecular complexity index is 4720. The Labute approximate surface area is 479 Å². The van der Waals surface area contributed by atoms with E-state index in [2.05, 4.69) is 71.9 Å². The number of phenols is 1. The summed E-state index contributed by atoms with van der Waals surface area (Å²) in [5.74, 6) is -6.83. The van der Waals surface area contributed by atoms with Gasteiger partial charge in [-0.25, -0.2) is 14.6 Å². The fourth-order valence-electron chi connectivity index (χ4n) is 7.67. The summed E-state index contributed by atoms with van der Waals surface area (Å²) in [5.41, 5.74) is 1.85. The zero-order valence-electron chi connectivity index (χ0n) is 40.9. The number of halogens is 2. The monoisotopic (exact) mass is 1260 g/mol. The van der Waals surface area contributed by atoms with Crippen LogP contribution in [0.25, 0.3) is 16.8 Å². The van der Waals surface area contributed by atoms with Gasteiger partial charge in [-0.2, -0.15) is 68.7 Å². The number of nitrogens with one attached hydrogen (secondary N) is 5. The molecule has 38 heteroatoms. The Kier molecular flexibility index (Phi) is 15.8. The highest BCUT2D eigenvalue weighted by atomic mass is 35.5. The largest absolute Gasteiger partial charge is 0.505 e. The molecule has 430 valence electrons. The van der Waals surface area contributed by atoms with Gasteiger partial charge in [0.15, 0.2) is 5.75 Å². The normalized spacial score (nSPS) is 13.3. The van der Waals surface area contributed by atoms with Gasteiger partial charge in [0.25, 0.3) is 46.4 Å². The van der Waals surface area contributed by atoms with Crippen molar-refractivity contribution in [3.63, 3.8) is 0 Å². The Morgan fingerprint density at radius 1 is 0.560 bits per heavy atom. The number of anilines is 8. The van der Waals surface area contributed by atoms with Crippen molar-refractivity contribution in [2.75, 3.05) is 26.8 Å². The van der Waals surface area contributed by atoms with Gasteiger partial charge in [-0.15, -0.1) is 5.11 Å². The van der Waals surface area contributed by atoms with Gasteiger partial charge in [-0.3, -0.25) is 23.0 Å². The second kappa shape index (κ2) is 22.5. The maximum atomic E-state index is 14.3. The van der Waals surface area contributed by atoms with Crippen molar-refractivity contribution in [1.82, 2.24) is 29.9 Å². The van der Waals surface area contributed by atoms with Gasteiger partial charge < -0.3 is 42.1 Å². The van der Waals surface area contributed by atoms with E-state index in [4.69, 9.17) is 23.2 Å². The lowest BCUT2D eigenvalue weighted by atomic mass is 9.93. The number of hydrazine groups is 1. The molecular formula is C46H30Cl2N14O18S4. The van der Waals surface area contributed by atoms with Crippen LogP contribution in [-0.2, 0) is 40.5 Å². The molecule has 8 aromatic rings. The number of ketones is 1.